The number of aliphatic hydroxyl groups is 1. The van der Waals surface area contributed by atoms with E-state index in [0.29, 0.717) is 19.8 Å². The van der Waals surface area contributed by atoms with E-state index in [-0.39, 0.29) is 24.8 Å². The van der Waals surface area contributed by atoms with Crippen molar-refractivity contribution in [3.63, 3.8) is 0 Å². The topological polar surface area (TPSA) is 35.9 Å². The second-order valence-corrected chi connectivity index (χ2v) is 5.10. The van der Waals surface area contributed by atoms with Gasteiger partial charge in [-0.1, -0.05) is 24.3 Å². The van der Waals surface area contributed by atoms with Crippen molar-refractivity contribution in [2.24, 2.45) is 0 Å². The predicted molar refractivity (Wildman–Crippen MR) is 96.6 cm³/mol. The number of hydrogen-bond donors (Lipinski definition) is 1. The molecule has 1 N–H and O–H groups in total. The zero-order valence-electron chi connectivity index (χ0n) is 12.8. The van der Waals surface area contributed by atoms with E-state index in [1.54, 1.807) is 6.08 Å². The molecular formula is C16H26Cl2N2O2. The number of hydrogen-bond acceptors (Lipinski definition) is 4. The van der Waals surface area contributed by atoms with Gasteiger partial charge in [0.1, 0.15) is 0 Å². The molecule has 1 saturated heterocycles. The summed E-state index contributed by atoms with van der Waals surface area (Å²) in [6, 6.07) is 10.5. The molecule has 1 aliphatic rings. The van der Waals surface area contributed by atoms with E-state index in [1.807, 2.05) is 6.07 Å². The molecule has 0 radical (unpaired) electrons. The second kappa shape index (κ2) is 11.7. The van der Waals surface area contributed by atoms with Gasteiger partial charge in [-0.05, 0) is 12.1 Å². The Morgan fingerprint density at radius 1 is 1.14 bits per heavy atom. The summed E-state index contributed by atoms with van der Waals surface area (Å²) in [6.45, 7) is 9.11. The number of nitrogens with zero attached hydrogens (tertiary/aromatic N) is 2. The van der Waals surface area contributed by atoms with Crippen LogP contribution in [-0.4, -0.2) is 62.0 Å². The largest absolute Gasteiger partial charge is 0.389 e. The Hall–Kier alpha value is -0.780. The minimum atomic E-state index is -0.418. The maximum atomic E-state index is 9.90. The lowest BCUT2D eigenvalue weighted by Crippen LogP contribution is -2.49. The van der Waals surface area contributed by atoms with Crippen molar-refractivity contribution in [1.82, 2.24) is 4.90 Å². The van der Waals surface area contributed by atoms with Crippen LogP contribution in [0, 0.1) is 0 Å². The van der Waals surface area contributed by atoms with Crippen LogP contribution in [0.5, 0.6) is 0 Å². The molecule has 1 aromatic rings. The highest BCUT2D eigenvalue weighted by Crippen LogP contribution is 2.15. The van der Waals surface area contributed by atoms with Gasteiger partial charge in [-0.2, -0.15) is 0 Å². The van der Waals surface area contributed by atoms with Gasteiger partial charge in [0.15, 0.2) is 0 Å². The van der Waals surface area contributed by atoms with E-state index < -0.39 is 6.10 Å². The van der Waals surface area contributed by atoms with E-state index in [2.05, 4.69) is 40.6 Å². The van der Waals surface area contributed by atoms with Gasteiger partial charge in [0.25, 0.3) is 0 Å². The molecule has 4 nitrogen and oxygen atoms in total. The SMILES string of the molecule is C=CCOCC(O)CN1CCN(c2ccccc2)CC1.Cl.Cl. The monoisotopic (exact) mass is 348 g/mol. The van der Waals surface area contributed by atoms with E-state index in [4.69, 9.17) is 4.74 Å². The maximum absolute atomic E-state index is 9.90. The van der Waals surface area contributed by atoms with Crippen molar-refractivity contribution >= 4 is 30.5 Å². The summed E-state index contributed by atoms with van der Waals surface area (Å²) in [5.41, 5.74) is 1.28. The van der Waals surface area contributed by atoms with Gasteiger partial charge >= 0.3 is 0 Å². The molecule has 1 atom stereocenters. The molecule has 1 aromatic carbocycles. The highest BCUT2D eigenvalue weighted by molar-refractivity contribution is 5.85. The van der Waals surface area contributed by atoms with E-state index in [1.165, 1.54) is 5.69 Å². The van der Waals surface area contributed by atoms with Crippen LogP contribution in [0.3, 0.4) is 0 Å². The van der Waals surface area contributed by atoms with Crippen LogP contribution in [0.15, 0.2) is 43.0 Å². The minimum Gasteiger partial charge on any atom is -0.389 e. The van der Waals surface area contributed by atoms with Crippen LogP contribution in [0.2, 0.25) is 0 Å². The van der Waals surface area contributed by atoms with Crippen molar-refractivity contribution < 1.29 is 9.84 Å². The summed E-state index contributed by atoms with van der Waals surface area (Å²) in [5.74, 6) is 0. The molecule has 1 unspecified atom stereocenters. The first-order chi connectivity index (χ1) is 9.79. The molecule has 0 spiro atoms. The fraction of sp³-hybridized carbons (Fsp3) is 0.500. The van der Waals surface area contributed by atoms with Crippen molar-refractivity contribution in [3.05, 3.63) is 43.0 Å². The van der Waals surface area contributed by atoms with Gasteiger partial charge in [-0.3, -0.25) is 4.90 Å². The van der Waals surface area contributed by atoms with Crippen molar-refractivity contribution in [2.75, 3.05) is 50.8 Å². The molecule has 0 amide bonds. The van der Waals surface area contributed by atoms with Gasteiger partial charge in [-0.15, -0.1) is 31.4 Å². The minimum absolute atomic E-state index is 0. The van der Waals surface area contributed by atoms with Gasteiger partial charge in [0.05, 0.1) is 19.3 Å². The number of aliphatic hydroxyl groups excluding tert-OH is 1. The summed E-state index contributed by atoms with van der Waals surface area (Å²) < 4.78 is 5.27. The molecule has 22 heavy (non-hydrogen) atoms. The molecule has 2 rings (SSSR count). The second-order valence-electron chi connectivity index (χ2n) is 5.10. The van der Waals surface area contributed by atoms with Crippen LogP contribution < -0.4 is 4.90 Å². The number of halogens is 2. The Bertz CT molecular complexity index is 398. The first kappa shape index (κ1) is 21.2. The summed E-state index contributed by atoms with van der Waals surface area (Å²) >= 11 is 0. The van der Waals surface area contributed by atoms with Crippen molar-refractivity contribution in [1.29, 1.82) is 0 Å². The number of para-hydroxylation sites is 1. The molecule has 0 saturated carbocycles. The Morgan fingerprint density at radius 3 is 2.36 bits per heavy atom. The Labute approximate surface area is 145 Å². The van der Waals surface area contributed by atoms with Gasteiger partial charge in [0, 0.05) is 38.4 Å². The van der Waals surface area contributed by atoms with Crippen LogP contribution in [0.4, 0.5) is 5.69 Å². The molecular weight excluding hydrogens is 323 g/mol. The zero-order chi connectivity index (χ0) is 14.2. The van der Waals surface area contributed by atoms with Crippen molar-refractivity contribution in [3.8, 4) is 0 Å². The third-order valence-corrected chi connectivity index (χ3v) is 3.51. The number of rotatable bonds is 7. The molecule has 6 heteroatoms. The fourth-order valence-corrected chi connectivity index (χ4v) is 2.47. The third kappa shape index (κ3) is 6.99. The van der Waals surface area contributed by atoms with E-state index in [9.17, 15) is 5.11 Å². The van der Waals surface area contributed by atoms with Crippen LogP contribution in [-0.2, 0) is 4.74 Å². The zero-order valence-corrected chi connectivity index (χ0v) is 14.4. The van der Waals surface area contributed by atoms with E-state index in [0.717, 1.165) is 26.2 Å². The smallest absolute Gasteiger partial charge is 0.0900 e. The summed E-state index contributed by atoms with van der Waals surface area (Å²) in [7, 11) is 0. The number of benzene rings is 1. The highest BCUT2D eigenvalue weighted by Gasteiger charge is 2.19. The maximum Gasteiger partial charge on any atom is 0.0900 e. The number of β-amino-alcohol motifs (C(OH)–C–C–N with tert-alkyl or cyclic N) is 1. The Balaban J connectivity index is 0.00000220. The summed E-state index contributed by atoms with van der Waals surface area (Å²) in [4.78, 5) is 4.68. The van der Waals surface area contributed by atoms with Crippen molar-refractivity contribution in [2.45, 2.75) is 6.10 Å². The fourth-order valence-electron chi connectivity index (χ4n) is 2.47. The molecule has 126 valence electrons. The standard InChI is InChI=1S/C16H24N2O2.2ClH/c1-2-12-20-14-16(19)13-17-8-10-18(11-9-17)15-6-4-3-5-7-15;;/h2-7,16,19H,1,8-14H2;2*1H. The lowest BCUT2D eigenvalue weighted by atomic mass is 10.2. The molecule has 0 bridgehead atoms. The molecule has 1 heterocycles. The number of piperazine rings is 1. The average molecular weight is 349 g/mol. The van der Waals surface area contributed by atoms with Gasteiger partial charge < -0.3 is 14.7 Å². The highest BCUT2D eigenvalue weighted by atomic mass is 35.5. The molecule has 1 fully saturated rings. The van der Waals surface area contributed by atoms with Crippen LogP contribution >= 0.6 is 24.8 Å². The van der Waals surface area contributed by atoms with Gasteiger partial charge in [-0.25, -0.2) is 0 Å². The molecule has 0 aliphatic carbocycles. The molecule has 0 aromatic heterocycles. The quantitative estimate of drug-likeness (QED) is 0.605. The first-order valence-corrected chi connectivity index (χ1v) is 7.18. The first-order valence-electron chi connectivity index (χ1n) is 7.18. The number of anilines is 1. The normalized spacial score (nSPS) is 16.3. The predicted octanol–water partition coefficient (Wildman–Crippen LogP) is 2.22. The summed E-state index contributed by atoms with van der Waals surface area (Å²) in [5, 5.41) is 9.90. The Morgan fingerprint density at radius 2 is 1.77 bits per heavy atom. The van der Waals surface area contributed by atoms with Crippen LogP contribution in [0.1, 0.15) is 0 Å². The molecule has 1 aliphatic heterocycles. The number of ether oxygens (including phenoxy) is 1. The average Bonchev–Trinajstić information content (AvgIpc) is 2.49. The lowest BCUT2D eigenvalue weighted by Gasteiger charge is -2.36. The van der Waals surface area contributed by atoms with Crippen LogP contribution in [0.25, 0.3) is 0 Å². The third-order valence-electron chi connectivity index (χ3n) is 3.51. The summed E-state index contributed by atoms with van der Waals surface area (Å²) in [6.07, 6.45) is 1.28. The van der Waals surface area contributed by atoms with Gasteiger partial charge in [0.2, 0.25) is 0 Å². The Kier molecular flexibility index (Phi) is 11.3. The lowest BCUT2D eigenvalue weighted by molar-refractivity contribution is 0.0252. The van der Waals surface area contributed by atoms with E-state index >= 15 is 0 Å².